The molecule has 2 aliphatic heterocycles. The number of nitrogens with zero attached hydrogens (tertiary/aromatic N) is 6. The van der Waals surface area contributed by atoms with Crippen LogP contribution in [-0.2, 0) is 6.54 Å². The second-order valence-electron chi connectivity index (χ2n) is 9.45. The van der Waals surface area contributed by atoms with E-state index in [2.05, 4.69) is 25.5 Å². The van der Waals surface area contributed by atoms with Crippen molar-refractivity contribution in [3.05, 3.63) is 47.9 Å². The van der Waals surface area contributed by atoms with Gasteiger partial charge in [0.1, 0.15) is 0 Å². The van der Waals surface area contributed by atoms with Gasteiger partial charge in [-0.3, -0.25) is 0 Å². The Labute approximate surface area is 201 Å². The highest BCUT2D eigenvalue weighted by molar-refractivity contribution is 5.48. The molecule has 9 nitrogen and oxygen atoms in total. The van der Waals surface area contributed by atoms with Crippen LogP contribution < -0.4 is 19.7 Å². The second-order valence-corrected chi connectivity index (χ2v) is 9.45. The number of nitrogens with one attached hydrogen (secondary N) is 1. The van der Waals surface area contributed by atoms with Crippen LogP contribution >= 0.6 is 0 Å². The summed E-state index contributed by atoms with van der Waals surface area (Å²) in [5, 5.41) is 16.3. The first-order valence-electron chi connectivity index (χ1n) is 12.0. The third-order valence-electron chi connectivity index (χ3n) is 7.33. The first-order valence-corrected chi connectivity index (χ1v) is 12.0. The summed E-state index contributed by atoms with van der Waals surface area (Å²) in [5.41, 5.74) is 1.02. The average molecular weight is 484 g/mol. The molecule has 2 aromatic heterocycles. The molecule has 0 amide bonds. The van der Waals surface area contributed by atoms with Gasteiger partial charge in [-0.15, -0.1) is 10.2 Å². The molecule has 11 heteroatoms. The molecule has 184 valence electrons. The third-order valence-corrected chi connectivity index (χ3v) is 7.33. The number of aromatic nitrogens is 5. The molecule has 1 unspecified atom stereocenters. The van der Waals surface area contributed by atoms with E-state index in [0.717, 1.165) is 50.7 Å². The van der Waals surface area contributed by atoms with Crippen molar-refractivity contribution in [1.29, 1.82) is 0 Å². The van der Waals surface area contributed by atoms with E-state index >= 15 is 0 Å². The van der Waals surface area contributed by atoms with Crippen molar-refractivity contribution in [2.45, 2.75) is 44.4 Å². The maximum atomic E-state index is 14.2. The standard InChI is InChI=1S/C24H27F2N7O2/c1-34-20-10-16(11-27-30-20)32-12-14-7-8-15(13-32)22(14)28-24-29-23-19(6-3-9-33(23)31-24)35-18-5-2-4-17(25)21(18)26/h2,4-5,10-11,14-15,19,22H,3,6-9,12-13H2,1H3,(H,28,31)/t14-,15+,19-,22?/m0/s1. The summed E-state index contributed by atoms with van der Waals surface area (Å²) < 4.78 is 40.7. The number of aryl methyl sites for hydroxylation is 1. The Bertz CT molecular complexity index is 1210. The van der Waals surface area contributed by atoms with Gasteiger partial charge in [0, 0.05) is 31.7 Å². The number of fused-ring (bicyclic) bond motifs is 3. The zero-order chi connectivity index (χ0) is 23.9. The average Bonchev–Trinajstić information content (AvgIpc) is 3.38. The first kappa shape index (κ1) is 22.0. The van der Waals surface area contributed by atoms with Gasteiger partial charge in [-0.05, 0) is 49.7 Å². The van der Waals surface area contributed by atoms with Gasteiger partial charge in [0.2, 0.25) is 17.6 Å². The predicted octanol–water partition coefficient (Wildman–Crippen LogP) is 3.60. The molecular formula is C24H27F2N7O2. The summed E-state index contributed by atoms with van der Waals surface area (Å²) in [6.07, 6.45) is 5.06. The molecule has 4 heterocycles. The third kappa shape index (κ3) is 4.12. The van der Waals surface area contributed by atoms with Crippen molar-refractivity contribution >= 4 is 11.6 Å². The topological polar surface area (TPSA) is 90.2 Å². The monoisotopic (exact) mass is 483 g/mol. The highest BCUT2D eigenvalue weighted by Crippen LogP contribution is 2.40. The van der Waals surface area contributed by atoms with Gasteiger partial charge in [-0.1, -0.05) is 6.07 Å². The summed E-state index contributed by atoms with van der Waals surface area (Å²) in [4.78, 5) is 7.07. The molecule has 0 radical (unpaired) electrons. The molecule has 35 heavy (non-hydrogen) atoms. The lowest BCUT2D eigenvalue weighted by atomic mass is 9.92. The summed E-state index contributed by atoms with van der Waals surface area (Å²) in [5.74, 6) is 0.605. The van der Waals surface area contributed by atoms with E-state index in [-0.39, 0.29) is 11.8 Å². The quantitative estimate of drug-likeness (QED) is 0.569. The minimum atomic E-state index is -0.979. The molecule has 0 spiro atoms. The smallest absolute Gasteiger partial charge is 0.242 e. The van der Waals surface area contributed by atoms with Crippen molar-refractivity contribution in [2.24, 2.45) is 11.8 Å². The number of hydrogen-bond acceptors (Lipinski definition) is 8. The predicted molar refractivity (Wildman–Crippen MR) is 123 cm³/mol. The lowest BCUT2D eigenvalue weighted by Crippen LogP contribution is -2.48. The number of piperidine rings is 1. The second kappa shape index (κ2) is 8.94. The molecule has 6 rings (SSSR count). The van der Waals surface area contributed by atoms with Crippen molar-refractivity contribution in [3.8, 4) is 11.6 Å². The Balaban J connectivity index is 1.17. The van der Waals surface area contributed by atoms with E-state index in [9.17, 15) is 8.78 Å². The SMILES string of the molecule is COc1cc(N2C[C@H]3CC[C@@H](C2)C3Nc2nc3n(n2)CCC[C@@H]3Oc2cccc(F)c2F)cnn1. The van der Waals surface area contributed by atoms with E-state index < -0.39 is 17.7 Å². The number of ether oxygens (including phenoxy) is 2. The molecule has 1 aromatic carbocycles. The van der Waals surface area contributed by atoms with E-state index in [1.54, 1.807) is 13.3 Å². The highest BCUT2D eigenvalue weighted by Gasteiger charge is 2.43. The van der Waals surface area contributed by atoms with Gasteiger partial charge in [-0.25, -0.2) is 9.07 Å². The summed E-state index contributed by atoms with van der Waals surface area (Å²) >= 11 is 0. The molecule has 1 saturated heterocycles. The van der Waals surface area contributed by atoms with E-state index in [0.29, 0.717) is 35.9 Å². The van der Waals surface area contributed by atoms with E-state index in [4.69, 9.17) is 14.5 Å². The zero-order valence-electron chi connectivity index (χ0n) is 19.4. The summed E-state index contributed by atoms with van der Waals surface area (Å²) in [7, 11) is 1.59. The van der Waals surface area contributed by atoms with Crippen molar-refractivity contribution in [1.82, 2.24) is 25.0 Å². The summed E-state index contributed by atoms with van der Waals surface area (Å²) in [6, 6.07) is 6.15. The van der Waals surface area contributed by atoms with Crippen LogP contribution in [0.2, 0.25) is 0 Å². The molecule has 3 aromatic rings. The molecule has 1 N–H and O–H groups in total. The minimum Gasteiger partial charge on any atom is -0.480 e. The lowest BCUT2D eigenvalue weighted by Gasteiger charge is -2.39. The van der Waals surface area contributed by atoms with Crippen LogP contribution in [0, 0.1) is 23.5 Å². The van der Waals surface area contributed by atoms with Crippen LogP contribution in [0.4, 0.5) is 20.4 Å². The molecule has 1 saturated carbocycles. The number of rotatable bonds is 6. The van der Waals surface area contributed by atoms with Crippen LogP contribution in [0.15, 0.2) is 30.5 Å². The van der Waals surface area contributed by atoms with Crippen LogP contribution in [0.25, 0.3) is 0 Å². The Morgan fingerprint density at radius 1 is 1.11 bits per heavy atom. The number of halogens is 2. The molecule has 2 bridgehead atoms. The van der Waals surface area contributed by atoms with Crippen molar-refractivity contribution in [2.75, 3.05) is 30.4 Å². The maximum absolute atomic E-state index is 14.2. The Morgan fingerprint density at radius 3 is 2.74 bits per heavy atom. The number of methoxy groups -OCH3 is 1. The minimum absolute atomic E-state index is 0.103. The normalized spacial score (nSPS) is 25.3. The van der Waals surface area contributed by atoms with Crippen LogP contribution in [0.5, 0.6) is 11.6 Å². The number of benzene rings is 1. The summed E-state index contributed by atoms with van der Waals surface area (Å²) in [6.45, 7) is 2.53. The Kier molecular flexibility index (Phi) is 5.62. The fourth-order valence-electron chi connectivity index (χ4n) is 5.64. The first-order chi connectivity index (χ1) is 17.1. The van der Waals surface area contributed by atoms with Gasteiger partial charge in [0.15, 0.2) is 23.5 Å². The molecule has 3 aliphatic rings. The van der Waals surface area contributed by atoms with Crippen LogP contribution in [0.1, 0.15) is 37.6 Å². The van der Waals surface area contributed by atoms with Gasteiger partial charge in [0.25, 0.3) is 0 Å². The van der Waals surface area contributed by atoms with Gasteiger partial charge < -0.3 is 19.7 Å². The van der Waals surface area contributed by atoms with Crippen molar-refractivity contribution < 1.29 is 18.3 Å². The Morgan fingerprint density at radius 2 is 1.94 bits per heavy atom. The zero-order valence-corrected chi connectivity index (χ0v) is 19.4. The number of anilines is 2. The molecule has 1 aliphatic carbocycles. The van der Waals surface area contributed by atoms with Crippen LogP contribution in [0.3, 0.4) is 0 Å². The van der Waals surface area contributed by atoms with E-state index in [1.807, 2.05) is 10.7 Å². The highest BCUT2D eigenvalue weighted by atomic mass is 19.2. The number of hydrogen-bond donors (Lipinski definition) is 1. The van der Waals surface area contributed by atoms with Gasteiger partial charge in [-0.2, -0.15) is 14.5 Å². The molecule has 4 atom stereocenters. The van der Waals surface area contributed by atoms with Gasteiger partial charge >= 0.3 is 0 Å². The largest absolute Gasteiger partial charge is 0.480 e. The lowest BCUT2D eigenvalue weighted by molar-refractivity contribution is 0.147. The van der Waals surface area contributed by atoms with E-state index in [1.165, 1.54) is 12.1 Å². The van der Waals surface area contributed by atoms with Gasteiger partial charge in [0.05, 0.1) is 19.0 Å². The molecule has 2 fully saturated rings. The van der Waals surface area contributed by atoms with Crippen molar-refractivity contribution in [3.63, 3.8) is 0 Å². The van der Waals surface area contributed by atoms with Crippen LogP contribution in [-0.4, -0.2) is 51.2 Å². The fourth-order valence-corrected chi connectivity index (χ4v) is 5.64. The molecular weight excluding hydrogens is 456 g/mol. The Hall–Kier alpha value is -3.50. The maximum Gasteiger partial charge on any atom is 0.242 e. The fraction of sp³-hybridized carbons (Fsp3) is 0.500.